The van der Waals surface area contributed by atoms with Crippen molar-refractivity contribution in [3.05, 3.63) is 33.8 Å². The monoisotopic (exact) mass is 318 g/mol. The minimum absolute atomic E-state index is 0. The molecule has 0 saturated carbocycles. The molecule has 1 saturated heterocycles. The number of hydrogen-bond donors (Lipinski definition) is 1. The van der Waals surface area contributed by atoms with Crippen LogP contribution >= 0.6 is 28.3 Å². The molecule has 0 spiro atoms. The van der Waals surface area contributed by atoms with Crippen LogP contribution in [0, 0.1) is 6.92 Å². The average molecular weight is 320 g/mol. The van der Waals surface area contributed by atoms with E-state index < -0.39 is 0 Å². The predicted octanol–water partition coefficient (Wildman–Crippen LogP) is 2.97. The van der Waals surface area contributed by atoms with E-state index in [1.807, 2.05) is 0 Å². The highest BCUT2D eigenvalue weighted by Crippen LogP contribution is 2.18. The highest BCUT2D eigenvalue weighted by molar-refractivity contribution is 9.10. The molecule has 1 atom stereocenters. The molecule has 1 heterocycles. The maximum Gasteiger partial charge on any atom is 0.0235 e. The lowest BCUT2D eigenvalue weighted by atomic mass is 10.1. The van der Waals surface area contributed by atoms with Crippen molar-refractivity contribution < 1.29 is 0 Å². The number of nitrogens with one attached hydrogen (secondary N) is 1. The highest BCUT2D eigenvalue weighted by atomic mass is 79.9. The summed E-state index contributed by atoms with van der Waals surface area (Å²) in [6.45, 7) is 8.83. The van der Waals surface area contributed by atoms with Crippen molar-refractivity contribution in [1.29, 1.82) is 0 Å². The van der Waals surface area contributed by atoms with E-state index in [-0.39, 0.29) is 12.4 Å². The summed E-state index contributed by atoms with van der Waals surface area (Å²) in [5, 5.41) is 3.47. The zero-order chi connectivity index (χ0) is 11.5. The van der Waals surface area contributed by atoms with Gasteiger partial charge in [0.05, 0.1) is 0 Å². The van der Waals surface area contributed by atoms with Gasteiger partial charge < -0.3 is 5.32 Å². The van der Waals surface area contributed by atoms with E-state index in [9.17, 15) is 0 Å². The summed E-state index contributed by atoms with van der Waals surface area (Å²) in [7, 11) is 0. The molecule has 1 aromatic carbocycles. The number of benzene rings is 1. The summed E-state index contributed by atoms with van der Waals surface area (Å²) < 4.78 is 1.22. The molecule has 2 nitrogen and oxygen atoms in total. The van der Waals surface area contributed by atoms with Crippen LogP contribution in [0.2, 0.25) is 0 Å². The van der Waals surface area contributed by atoms with E-state index in [4.69, 9.17) is 0 Å². The van der Waals surface area contributed by atoms with Crippen molar-refractivity contribution in [3.63, 3.8) is 0 Å². The van der Waals surface area contributed by atoms with Crippen LogP contribution in [0.5, 0.6) is 0 Å². The van der Waals surface area contributed by atoms with E-state index in [1.54, 1.807) is 0 Å². The zero-order valence-electron chi connectivity index (χ0n) is 10.4. The van der Waals surface area contributed by atoms with Gasteiger partial charge in [0, 0.05) is 36.7 Å². The molecule has 4 heteroatoms. The number of piperazine rings is 1. The SMILES string of the molecule is Cc1ccc(CN2CCN[C@@H](C)C2)cc1Br.Cl. The van der Waals surface area contributed by atoms with Gasteiger partial charge in [0.2, 0.25) is 0 Å². The Morgan fingerprint density at radius 2 is 2.24 bits per heavy atom. The second-order valence-electron chi connectivity index (χ2n) is 4.67. The van der Waals surface area contributed by atoms with Gasteiger partial charge in [-0.3, -0.25) is 4.90 Å². The number of hydrogen-bond acceptors (Lipinski definition) is 2. The Morgan fingerprint density at radius 3 is 2.88 bits per heavy atom. The van der Waals surface area contributed by atoms with Gasteiger partial charge in [-0.1, -0.05) is 28.1 Å². The summed E-state index contributed by atoms with van der Waals surface area (Å²) in [6, 6.07) is 7.27. The molecule has 1 fully saturated rings. The van der Waals surface area contributed by atoms with Gasteiger partial charge in [-0.25, -0.2) is 0 Å². The van der Waals surface area contributed by atoms with E-state index >= 15 is 0 Å². The van der Waals surface area contributed by atoms with Crippen LogP contribution in [-0.4, -0.2) is 30.6 Å². The van der Waals surface area contributed by atoms with Gasteiger partial charge in [-0.2, -0.15) is 0 Å². The fraction of sp³-hybridized carbons (Fsp3) is 0.538. The fourth-order valence-corrected chi connectivity index (χ4v) is 2.57. The third-order valence-electron chi connectivity index (χ3n) is 3.10. The third-order valence-corrected chi connectivity index (χ3v) is 3.95. The van der Waals surface area contributed by atoms with Crippen LogP contribution in [0.1, 0.15) is 18.1 Å². The van der Waals surface area contributed by atoms with Gasteiger partial charge in [0.1, 0.15) is 0 Å². The van der Waals surface area contributed by atoms with Crippen LogP contribution in [0.3, 0.4) is 0 Å². The summed E-state index contributed by atoms with van der Waals surface area (Å²) in [4.78, 5) is 2.51. The maximum atomic E-state index is 3.59. The van der Waals surface area contributed by atoms with Gasteiger partial charge in [0.15, 0.2) is 0 Å². The molecule has 96 valence electrons. The Labute approximate surface area is 118 Å². The van der Waals surface area contributed by atoms with Crippen LogP contribution in [0.25, 0.3) is 0 Å². The quantitative estimate of drug-likeness (QED) is 0.901. The Kier molecular flexibility index (Phi) is 5.93. The molecule has 0 aliphatic carbocycles. The first-order valence-corrected chi connectivity index (χ1v) is 6.65. The molecule has 0 unspecified atom stereocenters. The topological polar surface area (TPSA) is 15.3 Å². The van der Waals surface area contributed by atoms with Crippen molar-refractivity contribution in [1.82, 2.24) is 10.2 Å². The zero-order valence-corrected chi connectivity index (χ0v) is 12.8. The first kappa shape index (κ1) is 15.0. The van der Waals surface area contributed by atoms with Crippen LogP contribution in [0.15, 0.2) is 22.7 Å². The predicted molar refractivity (Wildman–Crippen MR) is 78.9 cm³/mol. The van der Waals surface area contributed by atoms with Crippen molar-refractivity contribution in [2.24, 2.45) is 0 Å². The van der Waals surface area contributed by atoms with E-state index in [0.29, 0.717) is 6.04 Å². The molecule has 0 amide bonds. The first-order valence-electron chi connectivity index (χ1n) is 5.86. The Bertz CT molecular complexity index is 370. The summed E-state index contributed by atoms with van der Waals surface area (Å²) in [6.07, 6.45) is 0. The molecule has 1 aromatic rings. The second-order valence-corrected chi connectivity index (χ2v) is 5.53. The summed E-state index contributed by atoms with van der Waals surface area (Å²) >= 11 is 3.59. The largest absolute Gasteiger partial charge is 0.312 e. The lowest BCUT2D eigenvalue weighted by molar-refractivity contribution is 0.199. The molecule has 1 aliphatic heterocycles. The lowest BCUT2D eigenvalue weighted by Gasteiger charge is -2.31. The van der Waals surface area contributed by atoms with Crippen LogP contribution < -0.4 is 5.32 Å². The number of rotatable bonds is 2. The standard InChI is InChI=1S/C13H19BrN2.ClH/c1-10-3-4-12(7-13(10)14)9-16-6-5-15-11(2)8-16;/h3-4,7,11,15H,5-6,8-9H2,1-2H3;1H/t11-;/m0./s1. The number of aryl methyl sites for hydroxylation is 1. The molecule has 17 heavy (non-hydrogen) atoms. The molecular weight excluding hydrogens is 300 g/mol. The van der Waals surface area contributed by atoms with Crippen LogP contribution in [-0.2, 0) is 6.54 Å². The molecular formula is C13H20BrClN2. The average Bonchev–Trinajstić information content (AvgIpc) is 2.24. The number of nitrogens with zero attached hydrogens (tertiary/aromatic N) is 1. The molecule has 1 N–H and O–H groups in total. The molecule has 1 aliphatic rings. The van der Waals surface area contributed by atoms with Crippen molar-refractivity contribution in [2.75, 3.05) is 19.6 Å². The normalized spacial score (nSPS) is 21.0. The summed E-state index contributed by atoms with van der Waals surface area (Å²) in [5.41, 5.74) is 2.70. The minimum Gasteiger partial charge on any atom is -0.312 e. The molecule has 2 rings (SSSR count). The summed E-state index contributed by atoms with van der Waals surface area (Å²) in [5.74, 6) is 0. The van der Waals surface area contributed by atoms with Gasteiger partial charge in [0.25, 0.3) is 0 Å². The second kappa shape index (κ2) is 6.74. The minimum atomic E-state index is 0. The third kappa shape index (κ3) is 4.25. The van der Waals surface area contributed by atoms with E-state index in [0.717, 1.165) is 26.2 Å². The van der Waals surface area contributed by atoms with E-state index in [2.05, 4.69) is 58.2 Å². The first-order chi connectivity index (χ1) is 7.65. The van der Waals surface area contributed by atoms with E-state index in [1.165, 1.54) is 15.6 Å². The smallest absolute Gasteiger partial charge is 0.0235 e. The Balaban J connectivity index is 0.00000144. The molecule has 0 aromatic heterocycles. The van der Waals surface area contributed by atoms with Crippen molar-refractivity contribution in [3.8, 4) is 0 Å². The van der Waals surface area contributed by atoms with Gasteiger partial charge in [-0.05, 0) is 31.0 Å². The Morgan fingerprint density at radius 1 is 1.47 bits per heavy atom. The molecule has 0 radical (unpaired) electrons. The van der Waals surface area contributed by atoms with Crippen molar-refractivity contribution >= 4 is 28.3 Å². The van der Waals surface area contributed by atoms with Crippen molar-refractivity contribution in [2.45, 2.75) is 26.4 Å². The fourth-order valence-electron chi connectivity index (χ4n) is 2.15. The Hall–Kier alpha value is -0.0900. The van der Waals surface area contributed by atoms with Crippen LogP contribution in [0.4, 0.5) is 0 Å². The maximum absolute atomic E-state index is 3.59. The number of halogens is 2. The lowest BCUT2D eigenvalue weighted by Crippen LogP contribution is -2.48. The van der Waals surface area contributed by atoms with Gasteiger partial charge >= 0.3 is 0 Å². The highest BCUT2D eigenvalue weighted by Gasteiger charge is 2.15. The van der Waals surface area contributed by atoms with Gasteiger partial charge in [-0.15, -0.1) is 12.4 Å². The molecule has 0 bridgehead atoms.